The molecule has 26 heavy (non-hydrogen) atoms. The monoisotopic (exact) mass is 359 g/mol. The average molecular weight is 359 g/mol. The first-order valence-corrected chi connectivity index (χ1v) is 8.67. The molecule has 0 saturated carbocycles. The molecule has 1 aromatic heterocycles. The number of aliphatic hydroxyl groups excluding tert-OH is 1. The fourth-order valence-electron chi connectivity index (χ4n) is 3.52. The van der Waals surface area contributed by atoms with Crippen molar-refractivity contribution in [2.75, 3.05) is 18.0 Å². The Kier molecular flexibility index (Phi) is 5.18. The van der Waals surface area contributed by atoms with Gasteiger partial charge in [0.15, 0.2) is 11.6 Å². The lowest BCUT2D eigenvalue weighted by atomic mass is 9.71. The van der Waals surface area contributed by atoms with Crippen molar-refractivity contribution in [1.82, 2.24) is 9.97 Å². The summed E-state index contributed by atoms with van der Waals surface area (Å²) in [7, 11) is 0. The highest BCUT2D eigenvalue weighted by Crippen LogP contribution is 2.37. The maximum atomic E-state index is 14.5. The summed E-state index contributed by atoms with van der Waals surface area (Å²) < 4.78 is 14.5. The summed E-state index contributed by atoms with van der Waals surface area (Å²) in [5.74, 6) is -1.42. The third-order valence-corrected chi connectivity index (χ3v) is 5.13. The van der Waals surface area contributed by atoms with Crippen LogP contribution in [0.3, 0.4) is 0 Å². The van der Waals surface area contributed by atoms with Crippen LogP contribution >= 0.6 is 0 Å². The van der Waals surface area contributed by atoms with Gasteiger partial charge in [-0.1, -0.05) is 37.3 Å². The zero-order chi connectivity index (χ0) is 18.7. The molecule has 0 unspecified atom stereocenters. The number of hydrogen-bond acceptors (Lipinski definition) is 5. The van der Waals surface area contributed by atoms with Gasteiger partial charge in [0, 0.05) is 13.1 Å². The summed E-state index contributed by atoms with van der Waals surface area (Å²) >= 11 is 0. The smallest absolute Gasteiger partial charge is 0.312 e. The number of rotatable bonds is 5. The van der Waals surface area contributed by atoms with E-state index in [0.717, 1.165) is 5.56 Å². The van der Waals surface area contributed by atoms with Gasteiger partial charge in [-0.25, -0.2) is 14.4 Å². The number of aliphatic hydroxyl groups is 1. The molecule has 3 rings (SSSR count). The summed E-state index contributed by atoms with van der Waals surface area (Å²) in [4.78, 5) is 21.5. The van der Waals surface area contributed by atoms with Crippen molar-refractivity contribution < 1.29 is 19.4 Å². The number of aryl methyl sites for hydroxylation is 1. The summed E-state index contributed by atoms with van der Waals surface area (Å²) in [6, 6.07) is 9.24. The second-order valence-electron chi connectivity index (χ2n) is 6.65. The number of halogens is 1. The van der Waals surface area contributed by atoms with E-state index in [1.807, 2.05) is 30.3 Å². The zero-order valence-electron chi connectivity index (χ0n) is 14.6. The Bertz CT molecular complexity index is 787. The first-order valence-electron chi connectivity index (χ1n) is 8.67. The molecule has 7 heteroatoms. The second kappa shape index (κ2) is 7.37. The van der Waals surface area contributed by atoms with Gasteiger partial charge < -0.3 is 15.1 Å². The quantitative estimate of drug-likeness (QED) is 0.850. The maximum Gasteiger partial charge on any atom is 0.312 e. The van der Waals surface area contributed by atoms with E-state index < -0.39 is 23.3 Å². The molecule has 1 aromatic carbocycles. The minimum Gasteiger partial charge on any atom is -0.481 e. The van der Waals surface area contributed by atoms with E-state index in [1.54, 1.807) is 11.8 Å². The lowest BCUT2D eigenvalue weighted by molar-refractivity contribution is -0.158. The SMILES string of the molecule is CCc1ncnc(N2CC[C@](Cc3ccccc3)(C(=O)O)[C@@H](O)C2)c1F. The number of nitrogens with zero attached hydrogens (tertiary/aromatic N) is 3. The predicted molar refractivity (Wildman–Crippen MR) is 94.4 cm³/mol. The lowest BCUT2D eigenvalue weighted by Crippen LogP contribution is -2.56. The molecule has 2 atom stereocenters. The van der Waals surface area contributed by atoms with E-state index in [2.05, 4.69) is 9.97 Å². The first-order chi connectivity index (χ1) is 12.5. The van der Waals surface area contributed by atoms with Crippen molar-refractivity contribution in [3.05, 3.63) is 53.7 Å². The molecule has 1 aliphatic heterocycles. The molecule has 2 heterocycles. The molecule has 0 aliphatic carbocycles. The Morgan fingerprint density at radius 3 is 2.69 bits per heavy atom. The molecule has 1 saturated heterocycles. The van der Waals surface area contributed by atoms with E-state index in [0.29, 0.717) is 18.7 Å². The minimum atomic E-state index is -1.30. The Labute approximate surface area is 151 Å². The van der Waals surface area contributed by atoms with E-state index >= 15 is 0 Å². The van der Waals surface area contributed by atoms with Crippen molar-refractivity contribution >= 4 is 11.8 Å². The third-order valence-electron chi connectivity index (χ3n) is 5.13. The molecule has 0 spiro atoms. The van der Waals surface area contributed by atoms with Crippen molar-refractivity contribution in [2.45, 2.75) is 32.3 Å². The van der Waals surface area contributed by atoms with Crippen LogP contribution in [0.5, 0.6) is 0 Å². The van der Waals surface area contributed by atoms with Gasteiger partial charge in [0.1, 0.15) is 11.7 Å². The first kappa shape index (κ1) is 18.3. The Balaban J connectivity index is 1.85. The molecule has 2 N–H and O–H groups in total. The highest BCUT2D eigenvalue weighted by molar-refractivity contribution is 5.76. The number of hydrogen-bond donors (Lipinski definition) is 2. The largest absolute Gasteiger partial charge is 0.481 e. The summed E-state index contributed by atoms with van der Waals surface area (Å²) in [6.45, 7) is 2.11. The van der Waals surface area contributed by atoms with Crippen LogP contribution in [0, 0.1) is 11.2 Å². The molecule has 1 aliphatic rings. The van der Waals surface area contributed by atoms with E-state index in [-0.39, 0.29) is 25.2 Å². The summed E-state index contributed by atoms with van der Waals surface area (Å²) in [5.41, 5.74) is -0.137. The highest BCUT2D eigenvalue weighted by atomic mass is 19.1. The average Bonchev–Trinajstić information content (AvgIpc) is 2.64. The Hall–Kier alpha value is -2.54. The number of benzene rings is 1. The number of anilines is 1. The molecule has 2 aromatic rings. The summed E-state index contributed by atoms with van der Waals surface area (Å²) in [5, 5.41) is 20.5. The molecule has 0 amide bonds. The fourth-order valence-corrected chi connectivity index (χ4v) is 3.52. The van der Waals surface area contributed by atoms with Gasteiger partial charge in [0.25, 0.3) is 0 Å². The van der Waals surface area contributed by atoms with Crippen LogP contribution in [-0.4, -0.2) is 45.3 Å². The number of carboxylic acids is 1. The normalized spacial score (nSPS) is 23.0. The molecule has 1 fully saturated rings. The molecular formula is C19H22FN3O3. The van der Waals surface area contributed by atoms with Crippen LogP contribution in [0.1, 0.15) is 24.6 Å². The lowest BCUT2D eigenvalue weighted by Gasteiger charge is -2.43. The van der Waals surface area contributed by atoms with Gasteiger partial charge >= 0.3 is 5.97 Å². The van der Waals surface area contributed by atoms with Crippen molar-refractivity contribution in [3.63, 3.8) is 0 Å². The van der Waals surface area contributed by atoms with Crippen LogP contribution in [0.15, 0.2) is 36.7 Å². The van der Waals surface area contributed by atoms with Crippen LogP contribution in [0.4, 0.5) is 10.2 Å². The zero-order valence-corrected chi connectivity index (χ0v) is 14.6. The van der Waals surface area contributed by atoms with Gasteiger partial charge in [-0.3, -0.25) is 4.79 Å². The van der Waals surface area contributed by atoms with Gasteiger partial charge in [-0.15, -0.1) is 0 Å². The highest BCUT2D eigenvalue weighted by Gasteiger charge is 2.49. The number of β-amino-alcohol motifs (C(OH)–C–C–N with tert-alkyl or cyclic N) is 1. The van der Waals surface area contributed by atoms with Crippen LogP contribution in [0.2, 0.25) is 0 Å². The fraction of sp³-hybridized carbons (Fsp3) is 0.421. The maximum absolute atomic E-state index is 14.5. The molecule has 138 valence electrons. The van der Waals surface area contributed by atoms with Gasteiger partial charge in [-0.2, -0.15) is 0 Å². The summed E-state index contributed by atoms with van der Waals surface area (Å²) in [6.07, 6.45) is 1.01. The molecule has 0 bridgehead atoms. The van der Waals surface area contributed by atoms with E-state index in [4.69, 9.17) is 0 Å². The van der Waals surface area contributed by atoms with Crippen molar-refractivity contribution in [1.29, 1.82) is 0 Å². The van der Waals surface area contributed by atoms with Gasteiger partial charge in [-0.05, 0) is 24.8 Å². The van der Waals surface area contributed by atoms with Crippen LogP contribution in [0.25, 0.3) is 0 Å². The van der Waals surface area contributed by atoms with Crippen molar-refractivity contribution in [3.8, 4) is 0 Å². The van der Waals surface area contributed by atoms with Gasteiger partial charge in [0.05, 0.1) is 11.8 Å². The Morgan fingerprint density at radius 2 is 2.08 bits per heavy atom. The third kappa shape index (κ3) is 3.26. The molecular weight excluding hydrogens is 337 g/mol. The molecule has 0 radical (unpaired) electrons. The van der Waals surface area contributed by atoms with Crippen LogP contribution in [-0.2, 0) is 17.6 Å². The number of aromatic nitrogens is 2. The van der Waals surface area contributed by atoms with E-state index in [1.165, 1.54) is 6.33 Å². The van der Waals surface area contributed by atoms with Crippen molar-refractivity contribution in [2.24, 2.45) is 5.41 Å². The Morgan fingerprint density at radius 1 is 1.35 bits per heavy atom. The topological polar surface area (TPSA) is 86.6 Å². The standard InChI is InChI=1S/C19H22FN3O3/c1-2-14-16(20)17(22-12-21-14)23-9-8-19(18(25)26,15(24)11-23)10-13-6-4-3-5-7-13/h3-7,12,15,24H,2,8-11H2,1H3,(H,25,26)/t15-,19+/m0/s1. The number of piperidine rings is 1. The van der Waals surface area contributed by atoms with Gasteiger partial charge in [0.2, 0.25) is 0 Å². The van der Waals surface area contributed by atoms with E-state index in [9.17, 15) is 19.4 Å². The van der Waals surface area contributed by atoms with Crippen LogP contribution < -0.4 is 4.90 Å². The second-order valence-corrected chi connectivity index (χ2v) is 6.65. The number of carboxylic acid groups (broad SMARTS) is 1. The minimum absolute atomic E-state index is 0.0101. The number of aliphatic carboxylic acids is 1. The predicted octanol–water partition coefficient (Wildman–Crippen LogP) is 2.06. The molecule has 6 nitrogen and oxygen atoms in total. The number of carbonyl (C=O) groups is 1.